The summed E-state index contributed by atoms with van der Waals surface area (Å²) in [5.41, 5.74) is 0.556. The molecule has 7 nitrogen and oxygen atoms in total. The minimum Gasteiger partial charge on any atom is -0.450 e. The summed E-state index contributed by atoms with van der Waals surface area (Å²) in [6.45, 7) is 4.40. The van der Waals surface area contributed by atoms with Crippen molar-refractivity contribution in [3.63, 3.8) is 0 Å². The lowest BCUT2D eigenvalue weighted by Gasteiger charge is -2.08. The molecule has 0 aliphatic rings. The summed E-state index contributed by atoms with van der Waals surface area (Å²) >= 11 is 0. The zero-order valence-electron chi connectivity index (χ0n) is 10.2. The van der Waals surface area contributed by atoms with Gasteiger partial charge in [0.1, 0.15) is 5.69 Å². The fourth-order valence-corrected chi connectivity index (χ4v) is 1.38. The van der Waals surface area contributed by atoms with E-state index in [9.17, 15) is 14.9 Å². The predicted octanol–water partition coefficient (Wildman–Crippen LogP) is 2.60. The molecule has 2 N–H and O–H groups in total. The van der Waals surface area contributed by atoms with Gasteiger partial charge in [-0.1, -0.05) is 0 Å². The Balaban J connectivity index is 2.96. The van der Waals surface area contributed by atoms with Crippen LogP contribution in [0, 0.1) is 10.1 Å². The lowest BCUT2D eigenvalue weighted by atomic mass is 10.2. The number of ether oxygens (including phenoxy) is 1. The van der Waals surface area contributed by atoms with E-state index >= 15 is 0 Å². The lowest BCUT2D eigenvalue weighted by molar-refractivity contribution is -0.383. The molecular weight excluding hydrogens is 238 g/mol. The molecule has 0 aliphatic carbocycles. The minimum atomic E-state index is -0.711. The van der Waals surface area contributed by atoms with E-state index in [0.29, 0.717) is 12.2 Å². The van der Waals surface area contributed by atoms with E-state index < -0.39 is 11.0 Å². The van der Waals surface area contributed by atoms with Crippen LogP contribution in [0.15, 0.2) is 18.2 Å². The Labute approximate surface area is 104 Å². The number of nitro benzene ring substituents is 1. The zero-order valence-corrected chi connectivity index (χ0v) is 10.2. The molecule has 18 heavy (non-hydrogen) atoms. The second-order valence-electron chi connectivity index (χ2n) is 3.36. The molecule has 1 rings (SSSR count). The molecule has 0 radical (unpaired) electrons. The lowest BCUT2D eigenvalue weighted by Crippen LogP contribution is -2.14. The molecule has 1 aromatic rings. The fraction of sp³-hybridized carbons (Fsp3) is 0.364. The number of amides is 1. The molecule has 0 heterocycles. The fourth-order valence-electron chi connectivity index (χ4n) is 1.38. The minimum absolute atomic E-state index is 0.111. The van der Waals surface area contributed by atoms with E-state index in [1.165, 1.54) is 12.1 Å². The van der Waals surface area contributed by atoms with Gasteiger partial charge in [-0.2, -0.15) is 0 Å². The van der Waals surface area contributed by atoms with Gasteiger partial charge in [0.25, 0.3) is 5.69 Å². The maximum atomic E-state index is 11.2. The highest BCUT2D eigenvalue weighted by Gasteiger charge is 2.16. The van der Waals surface area contributed by atoms with Gasteiger partial charge >= 0.3 is 6.09 Å². The summed E-state index contributed by atoms with van der Waals surface area (Å²) in [4.78, 5) is 21.6. The molecule has 0 atom stereocenters. The molecule has 1 amide bonds. The summed E-state index contributed by atoms with van der Waals surface area (Å²) < 4.78 is 4.67. The van der Waals surface area contributed by atoms with Crippen LogP contribution in [0.5, 0.6) is 0 Å². The number of carbonyl (C=O) groups is 1. The first kappa shape index (κ1) is 13.8. The summed E-state index contributed by atoms with van der Waals surface area (Å²) in [5, 5.41) is 16.2. The quantitative estimate of drug-likeness (QED) is 0.621. The van der Waals surface area contributed by atoms with Crippen molar-refractivity contribution in [3.8, 4) is 0 Å². The molecule has 0 bridgehead atoms. The van der Waals surface area contributed by atoms with Gasteiger partial charge in [-0.05, 0) is 26.0 Å². The molecule has 0 fully saturated rings. The van der Waals surface area contributed by atoms with Crippen molar-refractivity contribution in [1.29, 1.82) is 0 Å². The number of benzene rings is 1. The molecule has 0 aliphatic heterocycles. The third kappa shape index (κ3) is 3.62. The van der Waals surface area contributed by atoms with E-state index in [1.54, 1.807) is 13.0 Å². The van der Waals surface area contributed by atoms with Crippen LogP contribution >= 0.6 is 0 Å². The van der Waals surface area contributed by atoms with Gasteiger partial charge in [-0.15, -0.1) is 0 Å². The molecule has 0 saturated carbocycles. The number of carbonyl (C=O) groups excluding carboxylic acids is 1. The highest BCUT2D eigenvalue weighted by Crippen LogP contribution is 2.27. The Bertz CT molecular complexity index is 448. The maximum absolute atomic E-state index is 11.2. The van der Waals surface area contributed by atoms with Crippen molar-refractivity contribution in [1.82, 2.24) is 0 Å². The van der Waals surface area contributed by atoms with E-state index in [1.807, 2.05) is 6.92 Å². The van der Waals surface area contributed by atoms with Crippen LogP contribution in [-0.4, -0.2) is 24.2 Å². The maximum Gasteiger partial charge on any atom is 0.411 e. The molecule has 98 valence electrons. The molecule has 0 unspecified atom stereocenters. The molecule has 7 heteroatoms. The summed E-state index contributed by atoms with van der Waals surface area (Å²) in [6, 6.07) is 4.48. The van der Waals surface area contributed by atoms with Crippen LogP contribution in [0.4, 0.5) is 21.9 Å². The molecular formula is C11H15N3O4. The molecule has 1 aromatic carbocycles. The largest absolute Gasteiger partial charge is 0.450 e. The third-order valence-electron chi connectivity index (χ3n) is 2.09. The normalized spacial score (nSPS) is 9.67. The van der Waals surface area contributed by atoms with Crippen LogP contribution in [0.2, 0.25) is 0 Å². The number of hydrogen-bond donors (Lipinski definition) is 2. The second-order valence-corrected chi connectivity index (χ2v) is 3.36. The first-order valence-corrected chi connectivity index (χ1v) is 5.54. The number of anilines is 2. The van der Waals surface area contributed by atoms with Crippen molar-refractivity contribution in [3.05, 3.63) is 28.3 Å². The first-order chi connectivity index (χ1) is 8.58. The monoisotopic (exact) mass is 253 g/mol. The number of nitro groups is 1. The van der Waals surface area contributed by atoms with Crippen LogP contribution in [0.25, 0.3) is 0 Å². The second kappa shape index (κ2) is 6.43. The average molecular weight is 253 g/mol. The topological polar surface area (TPSA) is 93.5 Å². The van der Waals surface area contributed by atoms with Crippen molar-refractivity contribution >= 4 is 23.2 Å². The van der Waals surface area contributed by atoms with E-state index in [0.717, 1.165) is 0 Å². The van der Waals surface area contributed by atoms with Gasteiger partial charge in [0, 0.05) is 18.3 Å². The number of rotatable bonds is 5. The van der Waals surface area contributed by atoms with Gasteiger partial charge in [0.05, 0.1) is 11.5 Å². The van der Waals surface area contributed by atoms with Crippen LogP contribution in [0.1, 0.15) is 13.8 Å². The van der Waals surface area contributed by atoms with Crippen LogP contribution in [0.3, 0.4) is 0 Å². The standard InChI is InChI=1S/C11H15N3O4/c1-3-12-8-5-6-9(10(7-8)14(16)17)13-11(15)18-4-2/h5-7,12H,3-4H2,1-2H3,(H,13,15). The van der Waals surface area contributed by atoms with Gasteiger partial charge in [-0.3, -0.25) is 15.4 Å². The predicted molar refractivity (Wildman–Crippen MR) is 67.9 cm³/mol. The number of nitrogens with one attached hydrogen (secondary N) is 2. The Kier molecular flexibility index (Phi) is 4.91. The molecule has 0 spiro atoms. The average Bonchev–Trinajstić information content (AvgIpc) is 2.31. The Morgan fingerprint density at radius 1 is 1.44 bits per heavy atom. The Morgan fingerprint density at radius 3 is 2.72 bits per heavy atom. The van der Waals surface area contributed by atoms with Gasteiger partial charge < -0.3 is 10.1 Å². The highest BCUT2D eigenvalue weighted by molar-refractivity contribution is 5.88. The van der Waals surface area contributed by atoms with Crippen molar-refractivity contribution < 1.29 is 14.5 Å². The molecule has 0 aromatic heterocycles. The Hall–Kier alpha value is -2.31. The van der Waals surface area contributed by atoms with Gasteiger partial charge in [0.2, 0.25) is 0 Å². The smallest absolute Gasteiger partial charge is 0.411 e. The van der Waals surface area contributed by atoms with Crippen LogP contribution in [-0.2, 0) is 4.74 Å². The third-order valence-corrected chi connectivity index (χ3v) is 2.09. The van der Waals surface area contributed by atoms with Crippen LogP contribution < -0.4 is 10.6 Å². The molecule has 0 saturated heterocycles. The Morgan fingerprint density at radius 2 is 2.17 bits per heavy atom. The number of hydrogen-bond acceptors (Lipinski definition) is 5. The van der Waals surface area contributed by atoms with Gasteiger partial charge in [0.15, 0.2) is 0 Å². The summed E-state index contributed by atoms with van der Waals surface area (Å²) in [7, 11) is 0. The summed E-state index contributed by atoms with van der Waals surface area (Å²) in [6.07, 6.45) is -0.711. The zero-order chi connectivity index (χ0) is 13.5. The first-order valence-electron chi connectivity index (χ1n) is 5.54. The van der Waals surface area contributed by atoms with Gasteiger partial charge in [-0.25, -0.2) is 4.79 Å². The van der Waals surface area contributed by atoms with E-state index in [4.69, 9.17) is 0 Å². The van der Waals surface area contributed by atoms with Crippen molar-refractivity contribution in [2.75, 3.05) is 23.8 Å². The van der Waals surface area contributed by atoms with Crippen molar-refractivity contribution in [2.24, 2.45) is 0 Å². The summed E-state index contributed by atoms with van der Waals surface area (Å²) in [5.74, 6) is 0. The van der Waals surface area contributed by atoms with E-state index in [2.05, 4.69) is 15.4 Å². The number of nitrogens with zero attached hydrogens (tertiary/aromatic N) is 1. The van der Waals surface area contributed by atoms with Crippen molar-refractivity contribution in [2.45, 2.75) is 13.8 Å². The highest BCUT2D eigenvalue weighted by atomic mass is 16.6. The SMILES string of the molecule is CCNc1ccc(NC(=O)OCC)c([N+](=O)[O-])c1. The van der Waals surface area contributed by atoms with E-state index in [-0.39, 0.29) is 18.0 Å².